The molecule has 1 aromatic heterocycles. The number of nitro benzene ring substituents is 1. The van der Waals surface area contributed by atoms with E-state index in [0.29, 0.717) is 23.4 Å². The Labute approximate surface area is 101 Å². The lowest BCUT2D eigenvalue weighted by Gasteiger charge is -1.89. The highest BCUT2D eigenvalue weighted by Gasteiger charge is 2.11. The van der Waals surface area contributed by atoms with E-state index in [2.05, 4.69) is 4.98 Å². The van der Waals surface area contributed by atoms with E-state index in [1.807, 2.05) is 0 Å². The minimum atomic E-state index is -0.434. The number of carbonyl (C=O) groups is 1. The van der Waals surface area contributed by atoms with Crippen LogP contribution in [0, 0.1) is 10.1 Å². The first-order valence-electron chi connectivity index (χ1n) is 5.15. The van der Waals surface area contributed by atoms with E-state index >= 15 is 0 Å². The van der Waals surface area contributed by atoms with E-state index in [0.717, 1.165) is 4.70 Å². The van der Waals surface area contributed by atoms with Crippen molar-refractivity contribution in [3.8, 4) is 0 Å². The molecule has 0 aliphatic rings. The summed E-state index contributed by atoms with van der Waals surface area (Å²) in [6, 6.07) is 4.53. The molecule has 0 radical (unpaired) electrons. The van der Waals surface area contributed by atoms with E-state index in [4.69, 9.17) is 0 Å². The zero-order valence-corrected chi connectivity index (χ0v) is 9.99. The molecule has 0 saturated carbocycles. The van der Waals surface area contributed by atoms with Crippen molar-refractivity contribution in [1.29, 1.82) is 0 Å². The van der Waals surface area contributed by atoms with Crippen molar-refractivity contribution in [2.24, 2.45) is 0 Å². The lowest BCUT2D eigenvalue weighted by Crippen LogP contribution is -1.99. The van der Waals surface area contributed by atoms with Gasteiger partial charge in [-0.15, -0.1) is 11.3 Å². The molecule has 0 aliphatic carbocycles. The Bertz CT molecular complexity index is 591. The van der Waals surface area contributed by atoms with Gasteiger partial charge in [0.05, 0.1) is 21.6 Å². The van der Waals surface area contributed by atoms with Crippen LogP contribution in [0.25, 0.3) is 10.2 Å². The van der Waals surface area contributed by atoms with E-state index in [9.17, 15) is 14.9 Å². The lowest BCUT2D eigenvalue weighted by atomic mass is 10.2. The highest BCUT2D eigenvalue weighted by molar-refractivity contribution is 7.18. The minimum absolute atomic E-state index is 0.0505. The maximum atomic E-state index is 11.3. The second-order valence-corrected chi connectivity index (χ2v) is 4.70. The maximum absolute atomic E-state index is 11.3. The fourth-order valence-electron chi connectivity index (χ4n) is 1.44. The number of thiazole rings is 1. The average molecular weight is 250 g/mol. The van der Waals surface area contributed by atoms with Crippen LogP contribution >= 0.6 is 11.3 Å². The average Bonchev–Trinajstić information content (AvgIpc) is 2.69. The second kappa shape index (κ2) is 4.58. The highest BCUT2D eigenvalue weighted by Crippen LogP contribution is 2.26. The quantitative estimate of drug-likeness (QED) is 0.617. The Hall–Kier alpha value is -1.82. The van der Waals surface area contributed by atoms with Crippen LogP contribution in [-0.4, -0.2) is 15.7 Å². The van der Waals surface area contributed by atoms with Crippen LogP contribution in [0.4, 0.5) is 5.69 Å². The van der Waals surface area contributed by atoms with Crippen LogP contribution in [0.2, 0.25) is 0 Å². The molecule has 2 aromatic rings. The number of nitro groups is 1. The summed E-state index contributed by atoms with van der Waals surface area (Å²) in [7, 11) is 0. The summed E-state index contributed by atoms with van der Waals surface area (Å²) in [5.41, 5.74) is 0.758. The summed E-state index contributed by atoms with van der Waals surface area (Å²) in [4.78, 5) is 25.7. The maximum Gasteiger partial charge on any atom is 0.270 e. The van der Waals surface area contributed by atoms with Gasteiger partial charge in [0.2, 0.25) is 0 Å². The molecule has 0 atom stereocenters. The van der Waals surface area contributed by atoms with Crippen LogP contribution in [0.1, 0.15) is 18.4 Å². The number of Topliss-reactive ketones (excluding diaryl/α,β-unsaturated/α-hetero) is 1. The predicted molar refractivity (Wildman–Crippen MR) is 65.3 cm³/mol. The number of rotatable bonds is 4. The Morgan fingerprint density at radius 2 is 2.29 bits per heavy atom. The first kappa shape index (κ1) is 11.7. The molecule has 0 spiro atoms. The van der Waals surface area contributed by atoms with Gasteiger partial charge in [0.1, 0.15) is 10.8 Å². The highest BCUT2D eigenvalue weighted by atomic mass is 32.1. The van der Waals surface area contributed by atoms with E-state index in [1.165, 1.54) is 23.5 Å². The van der Waals surface area contributed by atoms with Gasteiger partial charge >= 0.3 is 0 Å². The zero-order valence-electron chi connectivity index (χ0n) is 9.17. The third-order valence-corrected chi connectivity index (χ3v) is 3.39. The molecule has 0 unspecified atom stereocenters. The van der Waals surface area contributed by atoms with Crippen molar-refractivity contribution >= 4 is 33.0 Å². The van der Waals surface area contributed by atoms with Gasteiger partial charge in [-0.05, 0) is 6.07 Å². The standard InChI is InChI=1S/C11H10N2O3S/c1-2-8(14)6-11-12-9-4-3-7(13(15)16)5-10(9)17-11/h3-5H,2,6H2,1H3. The number of nitrogens with zero attached hydrogens (tertiary/aromatic N) is 2. The first-order valence-corrected chi connectivity index (χ1v) is 5.97. The van der Waals surface area contributed by atoms with Crippen molar-refractivity contribution in [2.75, 3.05) is 0 Å². The Kier molecular flexibility index (Phi) is 3.14. The SMILES string of the molecule is CCC(=O)Cc1nc2ccc([N+](=O)[O-])cc2s1. The summed E-state index contributed by atoms with van der Waals surface area (Å²) < 4.78 is 0.748. The van der Waals surface area contributed by atoms with Crippen molar-refractivity contribution in [1.82, 2.24) is 4.98 Å². The Balaban J connectivity index is 2.37. The molecule has 0 fully saturated rings. The number of ketones is 1. The molecule has 17 heavy (non-hydrogen) atoms. The van der Waals surface area contributed by atoms with Gasteiger partial charge in [0, 0.05) is 18.6 Å². The molecule has 0 bridgehead atoms. The molecule has 1 aromatic carbocycles. The van der Waals surface area contributed by atoms with Crippen LogP contribution in [0.3, 0.4) is 0 Å². The molecule has 0 aliphatic heterocycles. The van der Waals surface area contributed by atoms with Gasteiger partial charge in [0.15, 0.2) is 0 Å². The molecule has 0 amide bonds. The summed E-state index contributed by atoms with van der Waals surface area (Å²) in [5, 5.41) is 11.3. The molecule has 0 N–H and O–H groups in total. The fraction of sp³-hybridized carbons (Fsp3) is 0.273. The third-order valence-electron chi connectivity index (χ3n) is 2.37. The molecule has 0 saturated heterocycles. The van der Waals surface area contributed by atoms with Gasteiger partial charge in [-0.2, -0.15) is 0 Å². The summed E-state index contributed by atoms with van der Waals surface area (Å²) >= 11 is 1.34. The lowest BCUT2D eigenvalue weighted by molar-refractivity contribution is -0.384. The van der Waals surface area contributed by atoms with Gasteiger partial charge < -0.3 is 0 Å². The number of hydrogen-bond acceptors (Lipinski definition) is 5. The third kappa shape index (κ3) is 2.47. The van der Waals surface area contributed by atoms with Crippen LogP contribution in [-0.2, 0) is 11.2 Å². The van der Waals surface area contributed by atoms with E-state index < -0.39 is 4.92 Å². The van der Waals surface area contributed by atoms with Crippen LogP contribution in [0.5, 0.6) is 0 Å². The number of carbonyl (C=O) groups excluding carboxylic acids is 1. The van der Waals surface area contributed by atoms with Crippen molar-refractivity contribution < 1.29 is 9.72 Å². The number of benzene rings is 1. The second-order valence-electron chi connectivity index (χ2n) is 3.59. The predicted octanol–water partition coefficient (Wildman–Crippen LogP) is 2.73. The monoisotopic (exact) mass is 250 g/mol. The smallest absolute Gasteiger partial charge is 0.270 e. The fourth-order valence-corrected chi connectivity index (χ4v) is 2.47. The number of hydrogen-bond donors (Lipinski definition) is 0. The van der Waals surface area contributed by atoms with Crippen LogP contribution in [0.15, 0.2) is 18.2 Å². The van der Waals surface area contributed by atoms with Crippen molar-refractivity contribution in [3.63, 3.8) is 0 Å². The minimum Gasteiger partial charge on any atom is -0.299 e. The Morgan fingerprint density at radius 1 is 1.53 bits per heavy atom. The van der Waals surface area contributed by atoms with Gasteiger partial charge in [0.25, 0.3) is 5.69 Å². The van der Waals surface area contributed by atoms with E-state index in [-0.39, 0.29) is 11.5 Å². The number of non-ortho nitro benzene ring substituents is 1. The summed E-state index contributed by atoms with van der Waals surface area (Å²) in [6.07, 6.45) is 0.791. The molecule has 2 rings (SSSR count). The van der Waals surface area contributed by atoms with Crippen molar-refractivity contribution in [3.05, 3.63) is 33.3 Å². The molecule has 1 heterocycles. The number of fused-ring (bicyclic) bond motifs is 1. The molecule has 6 heteroatoms. The van der Waals surface area contributed by atoms with E-state index in [1.54, 1.807) is 13.0 Å². The summed E-state index contributed by atoms with van der Waals surface area (Å²) in [6.45, 7) is 1.81. The topological polar surface area (TPSA) is 73.1 Å². The molecule has 88 valence electrons. The molecular formula is C11H10N2O3S. The molecular weight excluding hydrogens is 240 g/mol. The van der Waals surface area contributed by atoms with Gasteiger partial charge in [-0.3, -0.25) is 14.9 Å². The van der Waals surface area contributed by atoms with Gasteiger partial charge in [-0.1, -0.05) is 6.92 Å². The molecule has 5 nitrogen and oxygen atoms in total. The van der Waals surface area contributed by atoms with Crippen LogP contribution < -0.4 is 0 Å². The zero-order chi connectivity index (χ0) is 12.4. The first-order chi connectivity index (χ1) is 8.10. The van der Waals surface area contributed by atoms with Gasteiger partial charge in [-0.25, -0.2) is 4.98 Å². The largest absolute Gasteiger partial charge is 0.299 e. The van der Waals surface area contributed by atoms with Crippen molar-refractivity contribution in [2.45, 2.75) is 19.8 Å². The number of aromatic nitrogens is 1. The summed E-state index contributed by atoms with van der Waals surface area (Å²) in [5.74, 6) is 0.124. The Morgan fingerprint density at radius 3 is 2.94 bits per heavy atom. The normalized spacial score (nSPS) is 10.6.